The monoisotopic (exact) mass is 721 g/mol. The summed E-state index contributed by atoms with van der Waals surface area (Å²) in [6.07, 6.45) is 4.85. The highest BCUT2D eigenvalue weighted by Crippen LogP contribution is 2.34. The molecule has 1 aliphatic rings. The molecule has 0 aliphatic heterocycles. The highest BCUT2D eigenvalue weighted by atomic mass is 19.4. The van der Waals surface area contributed by atoms with Crippen LogP contribution in [0.5, 0.6) is 11.5 Å². The Hall–Kier alpha value is -5.17. The number of benzene rings is 2. The van der Waals surface area contributed by atoms with E-state index in [0.717, 1.165) is 45.9 Å². The first-order valence-electron chi connectivity index (χ1n) is 17.6. The lowest BCUT2D eigenvalue weighted by Crippen LogP contribution is -2.22. The summed E-state index contributed by atoms with van der Waals surface area (Å²) in [5, 5.41) is 14.1. The van der Waals surface area contributed by atoms with Gasteiger partial charge in [0.2, 0.25) is 0 Å². The zero-order valence-corrected chi connectivity index (χ0v) is 30.9. The van der Waals surface area contributed by atoms with E-state index in [4.69, 9.17) is 15.2 Å². The fraction of sp³-hybridized carbons (Fsp3) is 0.385. The van der Waals surface area contributed by atoms with Gasteiger partial charge in [0, 0.05) is 47.7 Å². The first kappa shape index (κ1) is 41.3. The Bertz CT molecular complexity index is 1860. The van der Waals surface area contributed by atoms with E-state index in [2.05, 4.69) is 30.8 Å². The Morgan fingerprint density at radius 2 is 1.63 bits per heavy atom. The topological polar surface area (TPSA) is 140 Å². The number of amides is 1. The quantitative estimate of drug-likeness (QED) is 0.124. The van der Waals surface area contributed by atoms with Crippen LogP contribution in [0.1, 0.15) is 86.8 Å². The van der Waals surface area contributed by atoms with Crippen LogP contribution in [0.4, 0.5) is 24.8 Å². The van der Waals surface area contributed by atoms with E-state index in [-0.39, 0.29) is 11.4 Å². The Labute approximate surface area is 303 Å². The van der Waals surface area contributed by atoms with E-state index >= 15 is 0 Å². The highest BCUT2D eigenvalue weighted by Gasteiger charge is 2.31. The summed E-state index contributed by atoms with van der Waals surface area (Å²) in [6, 6.07) is 14.3. The van der Waals surface area contributed by atoms with Crippen LogP contribution >= 0.6 is 0 Å². The van der Waals surface area contributed by atoms with Gasteiger partial charge in [-0.05, 0) is 61.7 Å². The zero-order valence-electron chi connectivity index (χ0n) is 30.9. The molecule has 0 radical (unpaired) electrons. The Morgan fingerprint density at radius 1 is 0.942 bits per heavy atom. The molecule has 0 bridgehead atoms. The molecule has 3 heterocycles. The second kappa shape index (κ2) is 20.0. The maximum Gasteiger partial charge on any atom is 0.416 e. The third kappa shape index (κ3) is 10.9. The van der Waals surface area contributed by atoms with Crippen molar-refractivity contribution in [1.29, 1.82) is 0 Å². The molecule has 0 atom stereocenters. The number of halogens is 3. The number of aryl methyl sites for hydroxylation is 1. The number of nitrogens with one attached hydrogen (secondary N) is 3. The molecule has 13 heteroatoms. The van der Waals surface area contributed by atoms with Gasteiger partial charge in [-0.25, -0.2) is 9.97 Å². The predicted octanol–water partition coefficient (Wildman–Crippen LogP) is 9.56. The summed E-state index contributed by atoms with van der Waals surface area (Å²) >= 11 is 0. The normalized spacial score (nSPS) is 12.6. The average molecular weight is 722 g/mol. The second-order valence-electron chi connectivity index (χ2n) is 11.5. The lowest BCUT2D eigenvalue weighted by Gasteiger charge is -2.15. The van der Waals surface area contributed by atoms with Crippen molar-refractivity contribution in [2.75, 3.05) is 24.9 Å². The molecule has 5 aromatic rings. The van der Waals surface area contributed by atoms with Gasteiger partial charge in [-0.1, -0.05) is 59.1 Å². The van der Waals surface area contributed by atoms with Gasteiger partial charge in [0.25, 0.3) is 5.91 Å². The van der Waals surface area contributed by atoms with Gasteiger partial charge in [0.1, 0.15) is 28.7 Å². The van der Waals surface area contributed by atoms with Crippen LogP contribution in [-0.2, 0) is 12.7 Å². The fourth-order valence-corrected chi connectivity index (χ4v) is 5.45. The number of aromatic amines is 1. The van der Waals surface area contributed by atoms with Crippen LogP contribution in [0.25, 0.3) is 22.2 Å². The number of carbonyl (C=O) groups is 1. The van der Waals surface area contributed by atoms with Gasteiger partial charge < -0.3 is 25.8 Å². The molecule has 1 amide bonds. The van der Waals surface area contributed by atoms with Crippen LogP contribution in [-0.4, -0.2) is 46.3 Å². The van der Waals surface area contributed by atoms with E-state index in [1.54, 1.807) is 50.7 Å². The molecule has 5 N–H and O–H groups in total. The number of nitrogens with zero attached hydrogens (tertiary/aromatic N) is 3. The summed E-state index contributed by atoms with van der Waals surface area (Å²) < 4.78 is 49.8. The number of ether oxygens (including phenoxy) is 2. The number of anilines is 2. The second-order valence-corrected chi connectivity index (χ2v) is 11.5. The van der Waals surface area contributed by atoms with Crippen molar-refractivity contribution >= 4 is 28.4 Å². The number of alkyl halides is 3. The highest BCUT2D eigenvalue weighted by molar-refractivity contribution is 6.05. The third-order valence-electron chi connectivity index (χ3n) is 8.12. The number of carbonyl (C=O) groups excluding carboxylic acids is 1. The van der Waals surface area contributed by atoms with Crippen LogP contribution in [0.3, 0.4) is 0 Å². The molecule has 0 saturated heterocycles. The first-order valence-corrected chi connectivity index (χ1v) is 17.6. The lowest BCUT2D eigenvalue weighted by atomic mass is 9.97. The summed E-state index contributed by atoms with van der Waals surface area (Å²) in [4.78, 5) is 21.1. The molecule has 0 unspecified atom stereocenters. The van der Waals surface area contributed by atoms with Gasteiger partial charge in [-0.2, -0.15) is 18.3 Å². The van der Waals surface area contributed by atoms with Crippen LogP contribution in [0.2, 0.25) is 0 Å². The predicted molar refractivity (Wildman–Crippen MR) is 202 cm³/mol. The van der Waals surface area contributed by atoms with E-state index in [1.807, 2.05) is 46.8 Å². The largest absolute Gasteiger partial charge is 0.497 e. The molecule has 280 valence electrons. The number of H-pyrrole nitrogens is 1. The van der Waals surface area contributed by atoms with E-state index in [9.17, 15) is 18.0 Å². The van der Waals surface area contributed by atoms with Gasteiger partial charge in [0.05, 0.1) is 30.9 Å². The standard InChI is InChI=1S/C29H25F3N6O3.C6H13N.2C2H6/c1-16-14-34-27(35-15-19-8-9-21(40-2)13-22(19)41-3)24-25(16)37-38-26(24)17-4-6-18(7-5-17)28(39)36-23-12-20(10-11-33-23)29(30,31)32;7-6-4-2-1-3-5-6;2*1-2/h4-14H,15H2,1-3H3,(H,34,35)(H,37,38)(H,33,36,39);6H,1-5,7H2;2*1-2H3. The summed E-state index contributed by atoms with van der Waals surface area (Å²) in [5.41, 5.74) is 8.91. The summed E-state index contributed by atoms with van der Waals surface area (Å²) in [7, 11) is 3.18. The smallest absolute Gasteiger partial charge is 0.416 e. The Morgan fingerprint density at radius 3 is 2.23 bits per heavy atom. The fourth-order valence-electron chi connectivity index (χ4n) is 5.45. The molecule has 1 fully saturated rings. The van der Waals surface area contributed by atoms with Crippen LogP contribution < -0.4 is 25.8 Å². The van der Waals surface area contributed by atoms with Crippen molar-refractivity contribution in [2.24, 2.45) is 5.73 Å². The van der Waals surface area contributed by atoms with Crippen molar-refractivity contribution in [1.82, 2.24) is 20.2 Å². The van der Waals surface area contributed by atoms with E-state index < -0.39 is 17.6 Å². The molecule has 0 spiro atoms. The molecular weight excluding hydrogens is 671 g/mol. The average Bonchev–Trinajstić information content (AvgIpc) is 3.63. The molecule has 1 saturated carbocycles. The van der Waals surface area contributed by atoms with Crippen molar-refractivity contribution in [3.63, 3.8) is 0 Å². The minimum absolute atomic E-state index is 0.195. The van der Waals surface area contributed by atoms with Crippen LogP contribution in [0.15, 0.2) is 67.0 Å². The van der Waals surface area contributed by atoms with Crippen molar-refractivity contribution in [2.45, 2.75) is 85.5 Å². The number of rotatable bonds is 8. The number of nitrogens with two attached hydrogens (primary N) is 1. The van der Waals surface area contributed by atoms with E-state index in [0.29, 0.717) is 35.6 Å². The van der Waals surface area contributed by atoms with Gasteiger partial charge in [0.15, 0.2) is 0 Å². The summed E-state index contributed by atoms with van der Waals surface area (Å²) in [5.74, 6) is 1.17. The molecule has 2 aromatic carbocycles. The van der Waals surface area contributed by atoms with Gasteiger partial charge in [-0.3, -0.25) is 9.89 Å². The van der Waals surface area contributed by atoms with Gasteiger partial charge in [-0.15, -0.1) is 0 Å². The maximum absolute atomic E-state index is 13.0. The number of methoxy groups -OCH3 is 2. The van der Waals surface area contributed by atoms with Gasteiger partial charge >= 0.3 is 6.18 Å². The molecule has 3 aromatic heterocycles. The lowest BCUT2D eigenvalue weighted by molar-refractivity contribution is -0.137. The third-order valence-corrected chi connectivity index (χ3v) is 8.12. The van der Waals surface area contributed by atoms with Crippen molar-refractivity contribution in [3.05, 3.63) is 89.2 Å². The minimum atomic E-state index is -4.54. The number of pyridine rings is 2. The van der Waals surface area contributed by atoms with Crippen LogP contribution in [0, 0.1) is 6.92 Å². The number of hydrogen-bond donors (Lipinski definition) is 4. The maximum atomic E-state index is 13.0. The van der Waals surface area contributed by atoms with E-state index in [1.165, 1.54) is 32.1 Å². The Balaban J connectivity index is 0.000000579. The zero-order chi connectivity index (χ0) is 38.3. The number of aromatic nitrogens is 4. The minimum Gasteiger partial charge on any atom is -0.497 e. The van der Waals surface area contributed by atoms with Crippen molar-refractivity contribution in [3.8, 4) is 22.8 Å². The first-order chi connectivity index (χ1) is 25.1. The molecule has 1 aliphatic carbocycles. The Kier molecular flexibility index (Phi) is 15.9. The number of fused-ring (bicyclic) bond motifs is 1. The SMILES string of the molecule is CC.CC.COc1ccc(CNc2ncc(C)c3n[nH]c(-c4ccc(C(=O)Nc5cc(C(F)(F)F)ccn5)cc4)c23)c(OC)c1.NC1CCCCC1. The number of hydrogen-bond acceptors (Lipinski definition) is 8. The molecule has 6 rings (SSSR count). The molecular formula is C39H50F3N7O3. The van der Waals surface area contributed by atoms with Crippen molar-refractivity contribution < 1.29 is 27.4 Å². The summed E-state index contributed by atoms with van der Waals surface area (Å²) in [6.45, 7) is 10.3. The molecule has 10 nitrogen and oxygen atoms in total. The molecule has 52 heavy (non-hydrogen) atoms.